The van der Waals surface area contributed by atoms with E-state index in [4.69, 9.17) is 16.1 Å². The smallest absolute Gasteiger partial charge is 0.218 e. The van der Waals surface area contributed by atoms with Crippen LogP contribution in [0.3, 0.4) is 0 Å². The molecule has 116 valence electrons. The summed E-state index contributed by atoms with van der Waals surface area (Å²) in [5.74, 6) is -0.138. The second-order valence-corrected chi connectivity index (χ2v) is 5.25. The number of hydrogen-bond acceptors (Lipinski definition) is 3. The van der Waals surface area contributed by atoms with E-state index >= 15 is 0 Å². The summed E-state index contributed by atoms with van der Waals surface area (Å²) in [6.45, 7) is 1.65. The third kappa shape index (κ3) is 2.71. The van der Waals surface area contributed by atoms with Crippen molar-refractivity contribution >= 4 is 29.4 Å². The molecule has 4 nitrogen and oxygen atoms in total. The molecule has 1 amide bonds. The SMILES string of the molecule is Cc1onc(-c2ccccc2Cl)c1N(C=O)c1ccccc1F. The molecule has 0 atom stereocenters. The van der Waals surface area contributed by atoms with Gasteiger partial charge in [0, 0.05) is 5.56 Å². The topological polar surface area (TPSA) is 46.3 Å². The van der Waals surface area contributed by atoms with E-state index in [1.165, 1.54) is 17.0 Å². The molecule has 0 N–H and O–H groups in total. The van der Waals surface area contributed by atoms with E-state index in [-0.39, 0.29) is 5.69 Å². The third-order valence-electron chi connectivity index (χ3n) is 3.42. The van der Waals surface area contributed by atoms with Gasteiger partial charge < -0.3 is 4.52 Å². The van der Waals surface area contributed by atoms with Crippen molar-refractivity contribution in [3.05, 3.63) is 65.1 Å². The molecule has 3 rings (SSSR count). The van der Waals surface area contributed by atoms with Crippen molar-refractivity contribution in [2.24, 2.45) is 0 Å². The number of amides is 1. The van der Waals surface area contributed by atoms with Crippen LogP contribution in [0.25, 0.3) is 11.3 Å². The summed E-state index contributed by atoms with van der Waals surface area (Å²) in [7, 11) is 0. The van der Waals surface area contributed by atoms with Crippen LogP contribution >= 0.6 is 11.6 Å². The molecule has 0 bridgehead atoms. The predicted octanol–water partition coefficient (Wildman–Crippen LogP) is 4.74. The summed E-state index contributed by atoms with van der Waals surface area (Å²) >= 11 is 6.20. The quantitative estimate of drug-likeness (QED) is 0.649. The Bertz CT molecular complexity index is 863. The van der Waals surface area contributed by atoms with Gasteiger partial charge in [0.2, 0.25) is 6.41 Å². The van der Waals surface area contributed by atoms with Crippen LogP contribution in [0.15, 0.2) is 53.1 Å². The maximum absolute atomic E-state index is 14.1. The van der Waals surface area contributed by atoms with Crippen LogP contribution in [0.2, 0.25) is 5.02 Å². The molecule has 0 fully saturated rings. The lowest BCUT2D eigenvalue weighted by Gasteiger charge is -2.18. The minimum absolute atomic E-state index is 0.113. The molecule has 23 heavy (non-hydrogen) atoms. The van der Waals surface area contributed by atoms with Crippen molar-refractivity contribution in [3.63, 3.8) is 0 Å². The predicted molar refractivity (Wildman–Crippen MR) is 86.3 cm³/mol. The van der Waals surface area contributed by atoms with E-state index in [1.807, 2.05) is 0 Å². The first kappa shape index (κ1) is 15.2. The maximum Gasteiger partial charge on any atom is 0.218 e. The minimum atomic E-state index is -0.523. The first-order valence-corrected chi connectivity index (χ1v) is 7.21. The van der Waals surface area contributed by atoms with E-state index in [2.05, 4.69) is 5.16 Å². The van der Waals surface area contributed by atoms with Crippen molar-refractivity contribution < 1.29 is 13.7 Å². The molecule has 3 aromatic rings. The van der Waals surface area contributed by atoms with Crippen LogP contribution in [0.5, 0.6) is 0 Å². The second-order valence-electron chi connectivity index (χ2n) is 4.84. The van der Waals surface area contributed by atoms with Crippen LogP contribution in [0, 0.1) is 12.7 Å². The van der Waals surface area contributed by atoms with Gasteiger partial charge in [-0.05, 0) is 25.1 Å². The molecule has 0 aliphatic carbocycles. The molecule has 6 heteroatoms. The van der Waals surface area contributed by atoms with Gasteiger partial charge in [0.1, 0.15) is 17.2 Å². The zero-order chi connectivity index (χ0) is 16.4. The number of anilines is 2. The Hall–Kier alpha value is -2.66. The first-order chi connectivity index (χ1) is 11.1. The van der Waals surface area contributed by atoms with Crippen LogP contribution < -0.4 is 4.90 Å². The molecule has 0 saturated carbocycles. The van der Waals surface area contributed by atoms with Gasteiger partial charge in [0.25, 0.3) is 0 Å². The Morgan fingerprint density at radius 1 is 1.17 bits per heavy atom. The maximum atomic E-state index is 14.1. The van der Waals surface area contributed by atoms with Crippen LogP contribution in [-0.2, 0) is 4.79 Å². The number of para-hydroxylation sites is 1. The lowest BCUT2D eigenvalue weighted by molar-refractivity contribution is -0.106. The van der Waals surface area contributed by atoms with E-state index in [1.54, 1.807) is 43.3 Å². The number of benzene rings is 2. The average Bonchev–Trinajstić information content (AvgIpc) is 2.92. The molecule has 1 aromatic heterocycles. The zero-order valence-electron chi connectivity index (χ0n) is 12.2. The summed E-state index contributed by atoms with van der Waals surface area (Å²) in [5, 5.41) is 4.45. The lowest BCUT2D eigenvalue weighted by Crippen LogP contribution is -2.16. The third-order valence-corrected chi connectivity index (χ3v) is 3.75. The van der Waals surface area contributed by atoms with Crippen molar-refractivity contribution in [3.8, 4) is 11.3 Å². The zero-order valence-corrected chi connectivity index (χ0v) is 12.9. The van der Waals surface area contributed by atoms with E-state index < -0.39 is 5.82 Å². The number of aryl methyl sites for hydroxylation is 1. The van der Waals surface area contributed by atoms with E-state index in [0.717, 1.165) is 0 Å². The van der Waals surface area contributed by atoms with Gasteiger partial charge in [-0.15, -0.1) is 0 Å². The highest BCUT2D eigenvalue weighted by Crippen LogP contribution is 2.39. The molecule has 0 unspecified atom stereocenters. The Kier molecular flexibility index (Phi) is 4.12. The van der Waals surface area contributed by atoms with Gasteiger partial charge in [0.05, 0.1) is 10.7 Å². The fraction of sp³-hybridized carbons (Fsp3) is 0.0588. The Balaban J connectivity index is 2.20. The summed E-state index contributed by atoms with van der Waals surface area (Å²) in [6.07, 6.45) is 0.526. The number of carbonyl (C=O) groups excluding carboxylic acids is 1. The molecule has 2 aromatic carbocycles. The minimum Gasteiger partial charge on any atom is -0.359 e. The van der Waals surface area contributed by atoms with E-state index in [0.29, 0.717) is 34.1 Å². The standard InChI is InChI=1S/C17H12ClFN2O2/c1-11-17(21(10-22)15-9-5-4-8-14(15)19)16(20-23-11)12-6-2-3-7-13(12)18/h2-10H,1H3. The van der Waals surface area contributed by atoms with Crippen LogP contribution in [-0.4, -0.2) is 11.6 Å². The summed E-state index contributed by atoms with van der Waals surface area (Å²) in [6, 6.07) is 13.0. The number of nitrogens with zero attached hydrogens (tertiary/aromatic N) is 2. The number of hydrogen-bond donors (Lipinski definition) is 0. The highest BCUT2D eigenvalue weighted by molar-refractivity contribution is 6.33. The molecule has 0 saturated heterocycles. The number of carbonyl (C=O) groups is 1. The first-order valence-electron chi connectivity index (χ1n) is 6.83. The number of rotatable bonds is 4. The molecular formula is C17H12ClFN2O2. The van der Waals surface area contributed by atoms with Gasteiger partial charge >= 0.3 is 0 Å². The lowest BCUT2D eigenvalue weighted by atomic mass is 10.1. The Morgan fingerprint density at radius 2 is 1.87 bits per heavy atom. The second kappa shape index (κ2) is 6.22. The van der Waals surface area contributed by atoms with Gasteiger partial charge in [-0.3, -0.25) is 9.69 Å². The highest BCUT2D eigenvalue weighted by atomic mass is 35.5. The fourth-order valence-electron chi connectivity index (χ4n) is 2.36. The van der Waals surface area contributed by atoms with Crippen molar-refractivity contribution in [1.82, 2.24) is 5.16 Å². The van der Waals surface area contributed by atoms with Crippen LogP contribution in [0.4, 0.5) is 15.8 Å². The van der Waals surface area contributed by atoms with Crippen molar-refractivity contribution in [1.29, 1.82) is 0 Å². The largest absolute Gasteiger partial charge is 0.359 e. The van der Waals surface area contributed by atoms with Gasteiger partial charge in [-0.2, -0.15) is 0 Å². The molecule has 0 spiro atoms. The number of aromatic nitrogens is 1. The van der Waals surface area contributed by atoms with Gasteiger partial charge in [-0.1, -0.05) is 47.1 Å². The Morgan fingerprint density at radius 3 is 2.57 bits per heavy atom. The summed E-state index contributed by atoms with van der Waals surface area (Å²) in [4.78, 5) is 12.8. The molecular weight excluding hydrogens is 319 g/mol. The van der Waals surface area contributed by atoms with Gasteiger partial charge in [-0.25, -0.2) is 4.39 Å². The van der Waals surface area contributed by atoms with Crippen molar-refractivity contribution in [2.75, 3.05) is 4.90 Å². The molecule has 0 radical (unpaired) electrons. The summed E-state index contributed by atoms with van der Waals surface area (Å²) < 4.78 is 19.3. The van der Waals surface area contributed by atoms with E-state index in [9.17, 15) is 9.18 Å². The molecule has 0 aliphatic heterocycles. The van der Waals surface area contributed by atoms with Gasteiger partial charge in [0.15, 0.2) is 5.76 Å². The fourth-order valence-corrected chi connectivity index (χ4v) is 2.58. The summed E-state index contributed by atoms with van der Waals surface area (Å²) in [5.41, 5.74) is 1.45. The Labute approximate surface area is 137 Å². The molecule has 1 heterocycles. The van der Waals surface area contributed by atoms with Crippen LogP contribution in [0.1, 0.15) is 5.76 Å². The van der Waals surface area contributed by atoms with Crippen molar-refractivity contribution in [2.45, 2.75) is 6.92 Å². The number of halogens is 2. The molecule has 0 aliphatic rings. The monoisotopic (exact) mass is 330 g/mol. The highest BCUT2D eigenvalue weighted by Gasteiger charge is 2.24. The normalized spacial score (nSPS) is 10.6. The average molecular weight is 331 g/mol.